The van der Waals surface area contributed by atoms with Gasteiger partial charge in [-0.25, -0.2) is 0 Å². The van der Waals surface area contributed by atoms with E-state index in [9.17, 15) is 0 Å². The SMILES string of the molecule is COc1ccc(NC2CCN(C3CC3)C2)cc1OCCO. The van der Waals surface area contributed by atoms with Gasteiger partial charge in [0.25, 0.3) is 0 Å². The standard InChI is InChI=1S/C16H24N2O3/c1-20-15-5-2-12(10-16(15)21-9-8-19)17-13-6-7-18(11-13)14-3-4-14/h2,5,10,13-14,17,19H,3-4,6-9,11H2,1H3. The summed E-state index contributed by atoms with van der Waals surface area (Å²) in [6.45, 7) is 2.61. The highest BCUT2D eigenvalue weighted by Gasteiger charge is 2.34. The summed E-state index contributed by atoms with van der Waals surface area (Å²) < 4.78 is 10.8. The quantitative estimate of drug-likeness (QED) is 0.801. The molecule has 116 valence electrons. The van der Waals surface area contributed by atoms with Crippen LogP contribution in [0, 0.1) is 0 Å². The van der Waals surface area contributed by atoms with Gasteiger partial charge in [0, 0.05) is 36.9 Å². The molecule has 1 saturated heterocycles. The summed E-state index contributed by atoms with van der Waals surface area (Å²) in [5, 5.41) is 12.5. The summed E-state index contributed by atoms with van der Waals surface area (Å²) in [6.07, 6.45) is 3.93. The van der Waals surface area contributed by atoms with Crippen LogP contribution in [0.1, 0.15) is 19.3 Å². The van der Waals surface area contributed by atoms with Gasteiger partial charge in [0.1, 0.15) is 6.61 Å². The molecule has 0 bridgehead atoms. The number of anilines is 1. The highest BCUT2D eigenvalue weighted by Crippen LogP contribution is 2.33. The predicted molar refractivity (Wildman–Crippen MR) is 82.2 cm³/mol. The van der Waals surface area contributed by atoms with Gasteiger partial charge in [-0.2, -0.15) is 0 Å². The van der Waals surface area contributed by atoms with E-state index >= 15 is 0 Å². The third kappa shape index (κ3) is 3.60. The maximum absolute atomic E-state index is 8.89. The molecule has 0 radical (unpaired) electrons. The second-order valence-corrected chi connectivity index (χ2v) is 5.79. The van der Waals surface area contributed by atoms with Crippen molar-refractivity contribution in [2.45, 2.75) is 31.3 Å². The summed E-state index contributed by atoms with van der Waals surface area (Å²) >= 11 is 0. The Hall–Kier alpha value is -1.46. The number of likely N-dealkylation sites (tertiary alicyclic amines) is 1. The van der Waals surface area contributed by atoms with Crippen molar-refractivity contribution in [3.63, 3.8) is 0 Å². The van der Waals surface area contributed by atoms with Crippen LogP contribution in [0.5, 0.6) is 11.5 Å². The normalized spacial score (nSPS) is 22.3. The van der Waals surface area contributed by atoms with Crippen molar-refractivity contribution in [2.24, 2.45) is 0 Å². The molecule has 1 aliphatic carbocycles. The molecule has 1 aromatic rings. The number of methoxy groups -OCH3 is 1. The smallest absolute Gasteiger partial charge is 0.163 e. The number of nitrogens with one attached hydrogen (secondary N) is 1. The van der Waals surface area contributed by atoms with E-state index in [0.717, 1.165) is 18.3 Å². The van der Waals surface area contributed by atoms with Crippen molar-refractivity contribution in [3.05, 3.63) is 18.2 Å². The van der Waals surface area contributed by atoms with E-state index in [0.29, 0.717) is 17.5 Å². The molecule has 5 heteroatoms. The third-order valence-corrected chi connectivity index (χ3v) is 4.17. The van der Waals surface area contributed by atoms with E-state index in [4.69, 9.17) is 14.6 Å². The van der Waals surface area contributed by atoms with Crippen LogP contribution in [-0.2, 0) is 0 Å². The number of ether oxygens (including phenoxy) is 2. The Morgan fingerprint density at radius 2 is 2.14 bits per heavy atom. The summed E-state index contributed by atoms with van der Waals surface area (Å²) in [7, 11) is 1.62. The lowest BCUT2D eigenvalue weighted by Crippen LogP contribution is -2.27. The molecular weight excluding hydrogens is 268 g/mol. The second kappa shape index (κ2) is 6.54. The monoisotopic (exact) mass is 292 g/mol. The minimum atomic E-state index is -0.000214. The number of aliphatic hydroxyl groups is 1. The lowest BCUT2D eigenvalue weighted by Gasteiger charge is -2.18. The average Bonchev–Trinajstić information content (AvgIpc) is 3.26. The van der Waals surface area contributed by atoms with Gasteiger partial charge < -0.3 is 19.9 Å². The molecule has 1 atom stereocenters. The highest BCUT2D eigenvalue weighted by atomic mass is 16.5. The molecule has 0 amide bonds. The summed E-state index contributed by atoms with van der Waals surface area (Å²) in [5.74, 6) is 1.37. The van der Waals surface area contributed by atoms with Crippen LogP contribution in [0.2, 0.25) is 0 Å². The van der Waals surface area contributed by atoms with Gasteiger partial charge in [0.05, 0.1) is 13.7 Å². The number of benzene rings is 1. The molecule has 21 heavy (non-hydrogen) atoms. The maximum Gasteiger partial charge on any atom is 0.163 e. The Morgan fingerprint density at radius 1 is 1.29 bits per heavy atom. The lowest BCUT2D eigenvalue weighted by atomic mass is 10.2. The first-order valence-corrected chi connectivity index (χ1v) is 7.72. The number of aliphatic hydroxyl groups excluding tert-OH is 1. The number of hydrogen-bond acceptors (Lipinski definition) is 5. The van der Waals surface area contributed by atoms with E-state index in [1.807, 2.05) is 18.2 Å². The zero-order valence-corrected chi connectivity index (χ0v) is 12.5. The number of rotatable bonds is 7. The molecule has 1 aromatic carbocycles. The fourth-order valence-electron chi connectivity index (χ4n) is 2.95. The summed E-state index contributed by atoms with van der Waals surface area (Å²) in [4.78, 5) is 2.59. The molecule has 0 aromatic heterocycles. The number of hydrogen-bond donors (Lipinski definition) is 2. The summed E-state index contributed by atoms with van der Waals surface area (Å²) in [6, 6.07) is 7.22. The van der Waals surface area contributed by atoms with Crippen LogP contribution >= 0.6 is 0 Å². The third-order valence-electron chi connectivity index (χ3n) is 4.17. The maximum atomic E-state index is 8.89. The molecule has 0 spiro atoms. The van der Waals surface area contributed by atoms with Gasteiger partial charge in [-0.05, 0) is 31.4 Å². The molecule has 1 heterocycles. The molecule has 1 unspecified atom stereocenters. The topological polar surface area (TPSA) is 54.0 Å². The first-order valence-electron chi connectivity index (χ1n) is 7.72. The highest BCUT2D eigenvalue weighted by molar-refractivity contribution is 5.55. The van der Waals surface area contributed by atoms with Crippen molar-refractivity contribution in [3.8, 4) is 11.5 Å². The van der Waals surface area contributed by atoms with E-state index < -0.39 is 0 Å². The lowest BCUT2D eigenvalue weighted by molar-refractivity contribution is 0.196. The Kier molecular flexibility index (Phi) is 4.51. The van der Waals surface area contributed by atoms with Crippen LogP contribution in [0.4, 0.5) is 5.69 Å². The first kappa shape index (κ1) is 14.5. The molecule has 1 saturated carbocycles. The van der Waals surface area contributed by atoms with Crippen molar-refractivity contribution in [1.82, 2.24) is 4.90 Å². The fourth-order valence-corrected chi connectivity index (χ4v) is 2.95. The minimum absolute atomic E-state index is 0.000214. The van der Waals surface area contributed by atoms with Gasteiger partial charge in [-0.15, -0.1) is 0 Å². The number of nitrogens with zero attached hydrogens (tertiary/aromatic N) is 1. The molecule has 2 fully saturated rings. The predicted octanol–water partition coefficient (Wildman–Crippen LogP) is 1.71. The van der Waals surface area contributed by atoms with Crippen LogP contribution < -0.4 is 14.8 Å². The van der Waals surface area contributed by atoms with Gasteiger partial charge >= 0.3 is 0 Å². The fraction of sp³-hybridized carbons (Fsp3) is 0.625. The molecule has 2 aliphatic rings. The molecule has 2 N–H and O–H groups in total. The van der Waals surface area contributed by atoms with Crippen molar-refractivity contribution < 1.29 is 14.6 Å². The van der Waals surface area contributed by atoms with Gasteiger partial charge in [-0.3, -0.25) is 4.90 Å². The summed E-state index contributed by atoms with van der Waals surface area (Å²) in [5.41, 5.74) is 1.05. The molecule has 3 rings (SSSR count). The largest absolute Gasteiger partial charge is 0.493 e. The van der Waals surface area contributed by atoms with E-state index in [-0.39, 0.29) is 13.2 Å². The van der Waals surface area contributed by atoms with Crippen molar-refractivity contribution in [2.75, 3.05) is 38.7 Å². The van der Waals surface area contributed by atoms with Crippen LogP contribution in [0.25, 0.3) is 0 Å². The molecular formula is C16H24N2O3. The Morgan fingerprint density at radius 3 is 2.86 bits per heavy atom. The van der Waals surface area contributed by atoms with Crippen molar-refractivity contribution in [1.29, 1.82) is 0 Å². The Labute approximate surface area is 125 Å². The molecule has 5 nitrogen and oxygen atoms in total. The van der Waals surface area contributed by atoms with Gasteiger partial charge in [-0.1, -0.05) is 0 Å². The Bertz CT molecular complexity index is 477. The minimum Gasteiger partial charge on any atom is -0.493 e. The van der Waals surface area contributed by atoms with Gasteiger partial charge in [0.15, 0.2) is 11.5 Å². The molecule has 1 aliphatic heterocycles. The van der Waals surface area contributed by atoms with E-state index in [1.165, 1.54) is 25.8 Å². The first-order chi connectivity index (χ1) is 10.3. The van der Waals surface area contributed by atoms with E-state index in [2.05, 4.69) is 10.2 Å². The zero-order valence-electron chi connectivity index (χ0n) is 12.5. The van der Waals surface area contributed by atoms with E-state index in [1.54, 1.807) is 7.11 Å². The van der Waals surface area contributed by atoms with Crippen LogP contribution in [0.15, 0.2) is 18.2 Å². The van der Waals surface area contributed by atoms with Crippen LogP contribution in [-0.4, -0.2) is 55.5 Å². The average molecular weight is 292 g/mol. The van der Waals surface area contributed by atoms with Crippen molar-refractivity contribution >= 4 is 5.69 Å². The Balaban J connectivity index is 1.61. The zero-order chi connectivity index (χ0) is 14.7. The second-order valence-electron chi connectivity index (χ2n) is 5.79. The van der Waals surface area contributed by atoms with Crippen LogP contribution in [0.3, 0.4) is 0 Å². The van der Waals surface area contributed by atoms with Gasteiger partial charge in [0.2, 0.25) is 0 Å².